The fourth-order valence-electron chi connectivity index (χ4n) is 1.95. The molecule has 1 heterocycles. The number of hydrogen-bond donors (Lipinski definition) is 2. The third kappa shape index (κ3) is 2.92. The Balaban J connectivity index is 2.31. The van der Waals surface area contributed by atoms with Crippen LogP contribution in [-0.4, -0.2) is 39.1 Å². The monoisotopic (exact) mass is 272 g/mol. The largest absolute Gasteiger partial charge is 0.346 e. The Morgan fingerprint density at radius 1 is 1.44 bits per heavy atom. The van der Waals surface area contributed by atoms with Crippen LogP contribution in [0.2, 0.25) is 0 Å². The van der Waals surface area contributed by atoms with Crippen molar-refractivity contribution in [2.24, 2.45) is 0 Å². The molecular formula is C11H20N4O2S. The molecule has 0 spiro atoms. The van der Waals surface area contributed by atoms with E-state index in [2.05, 4.69) is 14.7 Å². The minimum absolute atomic E-state index is 0.327. The van der Waals surface area contributed by atoms with Crippen LogP contribution in [0.4, 0.5) is 0 Å². The second-order valence-corrected chi connectivity index (χ2v) is 6.49. The van der Waals surface area contributed by atoms with E-state index in [-0.39, 0.29) is 0 Å². The van der Waals surface area contributed by atoms with Gasteiger partial charge in [0.15, 0.2) is 0 Å². The first-order valence-corrected chi connectivity index (χ1v) is 7.47. The molecule has 1 fully saturated rings. The molecule has 0 aliphatic heterocycles. The average molecular weight is 272 g/mol. The fraction of sp³-hybridized carbons (Fsp3) is 0.636. The molecule has 0 saturated heterocycles. The van der Waals surface area contributed by atoms with Crippen molar-refractivity contribution in [3.8, 4) is 0 Å². The van der Waals surface area contributed by atoms with Crippen molar-refractivity contribution in [3.63, 3.8) is 0 Å². The predicted molar refractivity (Wildman–Crippen MR) is 69.5 cm³/mol. The minimum atomic E-state index is -3.46. The normalized spacial score (nSPS) is 16.4. The third-order valence-corrected chi connectivity index (χ3v) is 4.27. The minimum Gasteiger partial charge on any atom is -0.346 e. The van der Waals surface area contributed by atoms with Gasteiger partial charge in [0.25, 0.3) is 10.0 Å². The van der Waals surface area contributed by atoms with Gasteiger partial charge in [-0.1, -0.05) is 0 Å². The van der Waals surface area contributed by atoms with Crippen LogP contribution in [0.15, 0.2) is 17.2 Å². The highest BCUT2D eigenvalue weighted by Crippen LogP contribution is 2.37. The van der Waals surface area contributed by atoms with Crippen LogP contribution in [0.3, 0.4) is 0 Å². The molecule has 1 aliphatic carbocycles. The van der Waals surface area contributed by atoms with Crippen LogP contribution in [0, 0.1) is 0 Å². The molecule has 6 nitrogen and oxygen atoms in total. The molecule has 0 amide bonds. The molecule has 1 aliphatic rings. The maximum atomic E-state index is 12.1. The summed E-state index contributed by atoms with van der Waals surface area (Å²) in [5.41, 5.74) is 1.01. The summed E-state index contributed by atoms with van der Waals surface area (Å²) in [6.07, 6.45) is 3.99. The van der Waals surface area contributed by atoms with Crippen LogP contribution in [-0.2, 0) is 16.6 Å². The van der Waals surface area contributed by atoms with E-state index in [9.17, 15) is 8.42 Å². The van der Waals surface area contributed by atoms with Gasteiger partial charge in [-0.3, -0.25) is 0 Å². The Morgan fingerprint density at radius 3 is 2.61 bits per heavy atom. The Hall–Kier alpha value is -0.890. The number of nitrogens with one attached hydrogen (secondary N) is 2. The Bertz CT molecular complexity index is 517. The number of hydrogen-bond acceptors (Lipinski definition) is 4. The zero-order chi connectivity index (χ0) is 13.3. The van der Waals surface area contributed by atoms with Crippen LogP contribution >= 0.6 is 0 Å². The molecule has 1 saturated carbocycles. The number of nitrogens with zero attached hydrogens (tertiary/aromatic N) is 2. The molecule has 1 aromatic rings. The van der Waals surface area contributed by atoms with Gasteiger partial charge in [-0.2, -0.15) is 0 Å². The maximum Gasteiger partial charge on any atom is 0.254 e. The summed E-state index contributed by atoms with van der Waals surface area (Å²) in [5.74, 6) is 0. The van der Waals surface area contributed by atoms with Crippen molar-refractivity contribution >= 4 is 10.0 Å². The standard InChI is InChI=1S/C11H20N4O2S/c1-12-7-10-6-11(8-15(10)9-4-5-9)18(16,17)13-14(2)3/h6,8-9,12-13H,4-5,7H2,1-3H3. The molecule has 0 aromatic carbocycles. The van der Waals surface area contributed by atoms with Gasteiger partial charge in [0.1, 0.15) is 4.90 Å². The SMILES string of the molecule is CNCc1cc(S(=O)(=O)NN(C)C)cn1C1CC1. The number of rotatable bonds is 6. The Kier molecular flexibility index (Phi) is 3.76. The molecule has 0 bridgehead atoms. The van der Waals surface area contributed by atoms with Gasteiger partial charge in [0.2, 0.25) is 0 Å². The highest BCUT2D eigenvalue weighted by atomic mass is 32.2. The fourth-order valence-corrected chi connectivity index (χ4v) is 3.08. The zero-order valence-electron chi connectivity index (χ0n) is 11.0. The highest BCUT2D eigenvalue weighted by Gasteiger charge is 2.28. The van der Waals surface area contributed by atoms with E-state index in [1.54, 1.807) is 26.4 Å². The topological polar surface area (TPSA) is 66.4 Å². The van der Waals surface area contributed by atoms with Crippen molar-refractivity contribution in [3.05, 3.63) is 18.0 Å². The molecule has 0 atom stereocenters. The summed E-state index contributed by atoms with van der Waals surface area (Å²) in [7, 11) is 1.71. The summed E-state index contributed by atoms with van der Waals surface area (Å²) >= 11 is 0. The second-order valence-electron chi connectivity index (χ2n) is 4.83. The van der Waals surface area contributed by atoms with E-state index >= 15 is 0 Å². The quantitative estimate of drug-likeness (QED) is 0.731. The van der Waals surface area contributed by atoms with Gasteiger partial charge in [0.05, 0.1) is 0 Å². The van der Waals surface area contributed by atoms with Gasteiger partial charge in [-0.15, -0.1) is 4.83 Å². The molecule has 7 heteroatoms. The van der Waals surface area contributed by atoms with Gasteiger partial charge >= 0.3 is 0 Å². The molecule has 18 heavy (non-hydrogen) atoms. The van der Waals surface area contributed by atoms with Crippen LogP contribution < -0.4 is 10.1 Å². The van der Waals surface area contributed by atoms with E-state index in [0.717, 1.165) is 18.5 Å². The van der Waals surface area contributed by atoms with Crippen LogP contribution in [0.1, 0.15) is 24.6 Å². The summed E-state index contributed by atoms with van der Waals surface area (Å²) in [4.78, 5) is 2.78. The molecule has 0 radical (unpaired) electrons. The van der Waals surface area contributed by atoms with Gasteiger partial charge < -0.3 is 9.88 Å². The maximum absolute atomic E-state index is 12.1. The van der Waals surface area contributed by atoms with Crippen molar-refractivity contribution in [1.29, 1.82) is 0 Å². The summed E-state index contributed by atoms with van der Waals surface area (Å²) in [6, 6.07) is 2.21. The van der Waals surface area contributed by atoms with E-state index < -0.39 is 10.0 Å². The molecule has 0 unspecified atom stereocenters. The zero-order valence-corrected chi connectivity index (χ0v) is 11.8. The molecule has 2 N–H and O–H groups in total. The van der Waals surface area contributed by atoms with Crippen molar-refractivity contribution in [2.45, 2.75) is 30.3 Å². The van der Waals surface area contributed by atoms with E-state index in [4.69, 9.17) is 0 Å². The summed E-state index contributed by atoms with van der Waals surface area (Å²) in [6.45, 7) is 0.675. The van der Waals surface area contributed by atoms with Crippen molar-refractivity contribution in [2.75, 3.05) is 21.1 Å². The first-order chi connectivity index (χ1) is 8.44. The van der Waals surface area contributed by atoms with Crippen LogP contribution in [0.25, 0.3) is 0 Å². The highest BCUT2D eigenvalue weighted by molar-refractivity contribution is 7.89. The average Bonchev–Trinajstić information content (AvgIpc) is 2.99. The smallest absolute Gasteiger partial charge is 0.254 e. The number of aromatic nitrogens is 1. The first kappa shape index (κ1) is 13.5. The van der Waals surface area contributed by atoms with Crippen molar-refractivity contribution in [1.82, 2.24) is 19.7 Å². The van der Waals surface area contributed by atoms with Crippen molar-refractivity contribution < 1.29 is 8.42 Å². The summed E-state index contributed by atoms with van der Waals surface area (Å²) in [5, 5.41) is 4.50. The Labute approximate surface area is 108 Å². The molecule has 1 aromatic heterocycles. The van der Waals surface area contributed by atoms with Gasteiger partial charge in [0, 0.05) is 38.6 Å². The third-order valence-electron chi connectivity index (χ3n) is 2.82. The predicted octanol–water partition coefficient (Wildman–Crippen LogP) is 0.297. The lowest BCUT2D eigenvalue weighted by Gasteiger charge is -2.10. The number of sulfonamides is 1. The van der Waals surface area contributed by atoms with E-state index in [1.807, 2.05) is 7.05 Å². The van der Waals surface area contributed by atoms with E-state index in [0.29, 0.717) is 17.5 Å². The second kappa shape index (κ2) is 5.00. The lowest BCUT2D eigenvalue weighted by Crippen LogP contribution is -2.35. The molecule has 2 rings (SSSR count). The first-order valence-electron chi connectivity index (χ1n) is 5.99. The Morgan fingerprint density at radius 2 is 2.11 bits per heavy atom. The van der Waals surface area contributed by atoms with E-state index in [1.165, 1.54) is 5.01 Å². The van der Waals surface area contributed by atoms with Crippen LogP contribution in [0.5, 0.6) is 0 Å². The lowest BCUT2D eigenvalue weighted by atomic mass is 10.4. The number of hydrazine groups is 1. The summed E-state index contributed by atoms with van der Waals surface area (Å²) < 4.78 is 26.2. The molecule has 102 valence electrons. The van der Waals surface area contributed by atoms with Gasteiger partial charge in [-0.05, 0) is 26.0 Å². The van der Waals surface area contributed by atoms with Gasteiger partial charge in [-0.25, -0.2) is 13.4 Å². The molecular weight excluding hydrogens is 252 g/mol. The lowest BCUT2D eigenvalue weighted by molar-refractivity contribution is 0.364.